The minimum absolute atomic E-state index is 0.147. The number of benzene rings is 3. The van der Waals surface area contributed by atoms with Gasteiger partial charge in [0, 0.05) is 5.39 Å². The highest BCUT2D eigenvalue weighted by Gasteiger charge is 2.32. The van der Waals surface area contributed by atoms with E-state index in [0.717, 1.165) is 0 Å². The lowest BCUT2D eigenvalue weighted by Crippen LogP contribution is -2.18. The molecule has 0 saturated heterocycles. The number of hydrogen-bond acceptors (Lipinski definition) is 8. The first kappa shape index (κ1) is 23.9. The molecule has 2 aromatic heterocycles. The van der Waals surface area contributed by atoms with Crippen LogP contribution >= 0.6 is 0 Å². The number of fused-ring (bicyclic) bond motifs is 2. The van der Waals surface area contributed by atoms with Gasteiger partial charge in [0.25, 0.3) is 0 Å². The van der Waals surface area contributed by atoms with Gasteiger partial charge < -0.3 is 23.8 Å². The van der Waals surface area contributed by atoms with E-state index in [1.54, 1.807) is 48.5 Å². The van der Waals surface area contributed by atoms with Crippen LogP contribution in [0.5, 0.6) is 11.5 Å². The summed E-state index contributed by atoms with van der Waals surface area (Å²) in [5.74, 6) is -2.93. The fourth-order valence-corrected chi connectivity index (χ4v) is 4.37. The molecule has 2 N–H and O–H groups in total. The van der Waals surface area contributed by atoms with Gasteiger partial charge in [-0.3, -0.25) is 0 Å². The lowest BCUT2D eigenvalue weighted by atomic mass is 9.86. The Bertz CT molecular complexity index is 1760. The molecular formula is C29H22O8. The number of rotatable bonds is 6. The van der Waals surface area contributed by atoms with Crippen LogP contribution in [0.1, 0.15) is 46.5 Å². The van der Waals surface area contributed by atoms with Gasteiger partial charge in [0.15, 0.2) is 11.5 Å². The summed E-state index contributed by atoms with van der Waals surface area (Å²) in [4.78, 5) is 38.7. The molecule has 5 rings (SSSR count). The third-order valence-corrected chi connectivity index (χ3v) is 6.10. The molecule has 0 aliphatic heterocycles. The summed E-state index contributed by atoms with van der Waals surface area (Å²) in [6, 6.07) is 18.9. The smallest absolute Gasteiger partial charge is 0.344 e. The normalized spacial score (nSPS) is 12.0. The molecule has 0 radical (unpaired) electrons. The van der Waals surface area contributed by atoms with Gasteiger partial charge >= 0.3 is 17.2 Å². The lowest BCUT2D eigenvalue weighted by molar-refractivity contribution is 0.0505. The molecule has 0 aliphatic rings. The summed E-state index contributed by atoms with van der Waals surface area (Å²) in [5, 5.41) is 23.1. The zero-order chi connectivity index (χ0) is 26.1. The van der Waals surface area contributed by atoms with Crippen LogP contribution in [0.4, 0.5) is 0 Å². The average molecular weight is 498 g/mol. The highest BCUT2D eigenvalue weighted by molar-refractivity contribution is 5.90. The fraction of sp³-hybridized carbons (Fsp3) is 0.138. The van der Waals surface area contributed by atoms with Crippen molar-refractivity contribution in [2.45, 2.75) is 19.3 Å². The highest BCUT2D eigenvalue weighted by Crippen LogP contribution is 2.42. The first-order valence-corrected chi connectivity index (χ1v) is 11.7. The molecule has 0 spiro atoms. The van der Waals surface area contributed by atoms with E-state index in [1.807, 2.05) is 6.92 Å². The van der Waals surface area contributed by atoms with Gasteiger partial charge in [-0.15, -0.1) is 0 Å². The lowest BCUT2D eigenvalue weighted by Gasteiger charge is -2.20. The standard InChI is InChI=1S/C29H22O8/c1-2-14-35-27(32)17-9-7-8-16(15-17)22(23-24(30)20-12-5-6-13-21(20)36-29(23)34)26-25(31)18-10-3-4-11-19(18)28(33)37-26/h3-13,15,22,30-31H,2,14H2,1H3. The van der Waals surface area contributed by atoms with Crippen LogP contribution in [0.15, 0.2) is 91.2 Å². The monoisotopic (exact) mass is 498 g/mol. The van der Waals surface area contributed by atoms with Crippen LogP contribution in [-0.2, 0) is 4.74 Å². The summed E-state index contributed by atoms with van der Waals surface area (Å²) < 4.78 is 16.3. The summed E-state index contributed by atoms with van der Waals surface area (Å²) in [6.07, 6.45) is 0.635. The van der Waals surface area contributed by atoms with E-state index in [4.69, 9.17) is 13.6 Å². The predicted octanol–water partition coefficient (Wildman–Crippen LogP) is 5.06. The molecular weight excluding hydrogens is 476 g/mol. The molecule has 3 aromatic carbocycles. The Morgan fingerprint density at radius 2 is 1.54 bits per heavy atom. The molecule has 1 unspecified atom stereocenters. The van der Waals surface area contributed by atoms with Crippen LogP contribution in [0, 0.1) is 0 Å². The van der Waals surface area contributed by atoms with E-state index in [9.17, 15) is 24.6 Å². The van der Waals surface area contributed by atoms with E-state index in [2.05, 4.69) is 0 Å². The molecule has 186 valence electrons. The fourth-order valence-electron chi connectivity index (χ4n) is 4.37. The molecule has 0 fully saturated rings. The summed E-state index contributed by atoms with van der Waals surface area (Å²) >= 11 is 0. The Kier molecular flexibility index (Phi) is 6.23. The number of para-hydroxylation sites is 1. The quantitative estimate of drug-likeness (QED) is 0.246. The molecule has 0 saturated carbocycles. The number of carbonyl (C=O) groups is 1. The second kappa shape index (κ2) is 9.66. The number of carbonyl (C=O) groups excluding carboxylic acids is 1. The average Bonchev–Trinajstić information content (AvgIpc) is 2.92. The van der Waals surface area contributed by atoms with Crippen LogP contribution in [0.2, 0.25) is 0 Å². The molecule has 37 heavy (non-hydrogen) atoms. The van der Waals surface area contributed by atoms with E-state index >= 15 is 0 Å². The maximum atomic E-state index is 13.2. The Morgan fingerprint density at radius 3 is 2.30 bits per heavy atom. The number of ether oxygens (including phenoxy) is 1. The molecule has 0 amide bonds. The van der Waals surface area contributed by atoms with Gasteiger partial charge in [0.05, 0.1) is 34.4 Å². The zero-order valence-corrected chi connectivity index (χ0v) is 19.8. The Balaban J connectivity index is 1.82. The van der Waals surface area contributed by atoms with Crippen molar-refractivity contribution in [1.29, 1.82) is 0 Å². The molecule has 5 aromatic rings. The van der Waals surface area contributed by atoms with Gasteiger partial charge in [-0.2, -0.15) is 0 Å². The third kappa shape index (κ3) is 4.23. The van der Waals surface area contributed by atoms with Crippen molar-refractivity contribution in [1.82, 2.24) is 0 Å². The molecule has 1 atom stereocenters. The number of hydrogen-bond donors (Lipinski definition) is 2. The number of esters is 1. The minimum Gasteiger partial charge on any atom is -0.507 e. The third-order valence-electron chi connectivity index (χ3n) is 6.10. The summed E-state index contributed by atoms with van der Waals surface area (Å²) in [5.41, 5.74) is -1.26. The van der Waals surface area contributed by atoms with Crippen molar-refractivity contribution in [3.8, 4) is 11.5 Å². The minimum atomic E-state index is -1.29. The van der Waals surface area contributed by atoms with E-state index in [1.165, 1.54) is 24.3 Å². The van der Waals surface area contributed by atoms with Gasteiger partial charge in [-0.1, -0.05) is 49.4 Å². The van der Waals surface area contributed by atoms with Gasteiger partial charge in [0.2, 0.25) is 0 Å². The van der Waals surface area contributed by atoms with Gasteiger partial charge in [0.1, 0.15) is 11.3 Å². The summed E-state index contributed by atoms with van der Waals surface area (Å²) in [7, 11) is 0. The van der Waals surface area contributed by atoms with Crippen molar-refractivity contribution >= 4 is 27.7 Å². The van der Waals surface area contributed by atoms with E-state index < -0.39 is 28.9 Å². The van der Waals surface area contributed by atoms with E-state index in [0.29, 0.717) is 6.42 Å². The van der Waals surface area contributed by atoms with Gasteiger partial charge in [-0.25, -0.2) is 14.4 Å². The highest BCUT2D eigenvalue weighted by atomic mass is 16.5. The Labute approximate surface area is 210 Å². The summed E-state index contributed by atoms with van der Waals surface area (Å²) in [6.45, 7) is 2.09. The van der Waals surface area contributed by atoms with Gasteiger partial charge in [-0.05, 0) is 42.3 Å². The first-order chi connectivity index (χ1) is 17.9. The van der Waals surface area contributed by atoms with Crippen molar-refractivity contribution in [3.05, 3.63) is 116 Å². The Morgan fingerprint density at radius 1 is 0.838 bits per heavy atom. The van der Waals surface area contributed by atoms with Crippen LogP contribution in [0.25, 0.3) is 21.7 Å². The van der Waals surface area contributed by atoms with Crippen molar-refractivity contribution in [3.63, 3.8) is 0 Å². The Hall–Kier alpha value is -4.85. The second-order valence-electron chi connectivity index (χ2n) is 8.49. The largest absolute Gasteiger partial charge is 0.507 e. The SMILES string of the molecule is CCCOC(=O)c1cccc(C(c2oc(=O)c3ccccc3c2O)c2c(O)c3ccccc3oc2=O)c1. The van der Waals surface area contributed by atoms with Crippen LogP contribution < -0.4 is 11.3 Å². The maximum absolute atomic E-state index is 13.2. The maximum Gasteiger partial charge on any atom is 0.344 e. The zero-order valence-electron chi connectivity index (χ0n) is 19.8. The number of aromatic hydroxyl groups is 2. The predicted molar refractivity (Wildman–Crippen MR) is 136 cm³/mol. The van der Waals surface area contributed by atoms with Crippen LogP contribution in [0.3, 0.4) is 0 Å². The molecule has 8 nitrogen and oxygen atoms in total. The first-order valence-electron chi connectivity index (χ1n) is 11.7. The van der Waals surface area contributed by atoms with Crippen molar-refractivity contribution in [2.75, 3.05) is 6.61 Å². The molecule has 8 heteroatoms. The van der Waals surface area contributed by atoms with Crippen LogP contribution in [-0.4, -0.2) is 22.8 Å². The second-order valence-corrected chi connectivity index (χ2v) is 8.49. The molecule has 0 bridgehead atoms. The topological polar surface area (TPSA) is 127 Å². The van der Waals surface area contributed by atoms with Crippen molar-refractivity contribution in [2.24, 2.45) is 0 Å². The molecule has 0 aliphatic carbocycles. The van der Waals surface area contributed by atoms with E-state index in [-0.39, 0.29) is 56.5 Å². The molecule has 2 heterocycles. The van der Waals surface area contributed by atoms with Crippen molar-refractivity contribution < 1.29 is 28.6 Å².